The van der Waals surface area contributed by atoms with Gasteiger partial charge in [-0.2, -0.15) is 13.2 Å². The number of anilines is 1. The fourth-order valence-corrected chi connectivity index (χ4v) is 2.38. The molecular weight excluding hydrogens is 387 g/mol. The monoisotopic (exact) mass is 403 g/mol. The molecule has 0 fully saturated rings. The second kappa shape index (κ2) is 8.96. The second-order valence-corrected chi connectivity index (χ2v) is 5.79. The van der Waals surface area contributed by atoms with Crippen molar-refractivity contribution in [2.45, 2.75) is 6.18 Å². The Balaban J connectivity index is 2.36. The van der Waals surface area contributed by atoms with E-state index in [0.717, 1.165) is 18.2 Å². The molecule has 2 aromatic rings. The zero-order valence-corrected chi connectivity index (χ0v) is 15.3. The summed E-state index contributed by atoms with van der Waals surface area (Å²) < 4.78 is 54.4. The predicted octanol–water partition coefficient (Wildman–Crippen LogP) is 4.64. The molecule has 2 rings (SSSR count). The van der Waals surface area contributed by atoms with Gasteiger partial charge in [0.2, 0.25) is 0 Å². The van der Waals surface area contributed by atoms with Gasteiger partial charge >= 0.3 is 6.18 Å². The molecule has 9 heteroatoms. The van der Waals surface area contributed by atoms with E-state index >= 15 is 0 Å². The molecule has 27 heavy (non-hydrogen) atoms. The Hall–Kier alpha value is -2.45. The molecule has 0 unspecified atom stereocenters. The fourth-order valence-electron chi connectivity index (χ4n) is 2.21. The first-order chi connectivity index (χ1) is 12.8. The summed E-state index contributed by atoms with van der Waals surface area (Å²) in [6.45, 7) is 0.335. The molecule has 0 aliphatic carbocycles. The average Bonchev–Trinajstić information content (AvgIpc) is 2.62. The Kier molecular flexibility index (Phi) is 6.92. The molecule has 0 radical (unpaired) electrons. The van der Waals surface area contributed by atoms with E-state index < -0.39 is 17.6 Å². The quantitative estimate of drug-likeness (QED) is 0.684. The van der Waals surface area contributed by atoms with Crippen molar-refractivity contribution in [3.8, 4) is 11.5 Å². The maximum absolute atomic E-state index is 13.0. The summed E-state index contributed by atoms with van der Waals surface area (Å²) in [6, 6.07) is 7.19. The van der Waals surface area contributed by atoms with Gasteiger partial charge in [-0.1, -0.05) is 11.6 Å². The van der Waals surface area contributed by atoms with E-state index in [0.29, 0.717) is 0 Å². The van der Waals surface area contributed by atoms with E-state index in [2.05, 4.69) is 5.32 Å². The van der Waals surface area contributed by atoms with Crippen molar-refractivity contribution in [3.05, 3.63) is 52.5 Å². The molecule has 0 atom stereocenters. The Bertz CT molecular complexity index is 812. The van der Waals surface area contributed by atoms with Gasteiger partial charge < -0.3 is 19.5 Å². The lowest BCUT2D eigenvalue weighted by Gasteiger charge is -2.16. The van der Waals surface area contributed by atoms with Crippen LogP contribution in [0.4, 0.5) is 18.9 Å². The number of carbonyl (C=O) groups is 1. The summed E-state index contributed by atoms with van der Waals surface area (Å²) >= 11 is 5.90. The minimum absolute atomic E-state index is 0.0743. The highest BCUT2D eigenvalue weighted by molar-refractivity contribution is 6.31. The van der Waals surface area contributed by atoms with Gasteiger partial charge in [-0.15, -0.1) is 0 Å². The van der Waals surface area contributed by atoms with Crippen molar-refractivity contribution < 1.29 is 32.2 Å². The number of methoxy groups -OCH3 is 2. The number of rotatable bonds is 7. The number of hydrogen-bond donors (Lipinski definition) is 1. The molecular formula is C18H17ClF3NO4. The van der Waals surface area contributed by atoms with Crippen LogP contribution in [-0.2, 0) is 10.9 Å². The van der Waals surface area contributed by atoms with E-state index in [9.17, 15) is 18.0 Å². The van der Waals surface area contributed by atoms with Crippen molar-refractivity contribution >= 4 is 23.2 Å². The van der Waals surface area contributed by atoms with Crippen LogP contribution in [0.5, 0.6) is 11.5 Å². The van der Waals surface area contributed by atoms with E-state index in [4.69, 9.17) is 25.8 Å². The lowest BCUT2D eigenvalue weighted by Crippen LogP contribution is -2.16. The first-order valence-corrected chi connectivity index (χ1v) is 8.12. The third kappa shape index (κ3) is 5.51. The highest BCUT2D eigenvalue weighted by Gasteiger charge is 2.31. The number of carbonyl (C=O) groups excluding carboxylic acids is 1. The van der Waals surface area contributed by atoms with Crippen LogP contribution in [0.1, 0.15) is 15.9 Å². The molecule has 1 amide bonds. The topological polar surface area (TPSA) is 56.8 Å². The molecule has 0 bridgehead atoms. The first kappa shape index (κ1) is 20.9. The number of hydrogen-bond acceptors (Lipinski definition) is 4. The number of nitrogens with one attached hydrogen (secondary N) is 1. The molecule has 5 nitrogen and oxygen atoms in total. The minimum atomic E-state index is -4.57. The second-order valence-electron chi connectivity index (χ2n) is 5.35. The molecule has 0 saturated heterocycles. The summed E-state index contributed by atoms with van der Waals surface area (Å²) in [4.78, 5) is 12.6. The highest BCUT2D eigenvalue weighted by atomic mass is 35.5. The molecule has 0 aromatic heterocycles. The van der Waals surface area contributed by atoms with Crippen molar-refractivity contribution in [1.82, 2.24) is 0 Å². The van der Waals surface area contributed by atoms with Crippen LogP contribution in [0, 0.1) is 0 Å². The van der Waals surface area contributed by atoms with E-state index in [-0.39, 0.29) is 41.0 Å². The predicted molar refractivity (Wildman–Crippen MR) is 94.8 cm³/mol. The van der Waals surface area contributed by atoms with Gasteiger partial charge in [-0.25, -0.2) is 0 Å². The van der Waals surface area contributed by atoms with Gasteiger partial charge in [-0.3, -0.25) is 4.79 Å². The van der Waals surface area contributed by atoms with Crippen LogP contribution in [0.15, 0.2) is 36.4 Å². The normalized spacial score (nSPS) is 11.2. The number of benzene rings is 2. The lowest BCUT2D eigenvalue weighted by atomic mass is 10.1. The largest absolute Gasteiger partial charge is 0.496 e. The Labute approximate surface area is 159 Å². The Morgan fingerprint density at radius 2 is 1.78 bits per heavy atom. The molecule has 0 aliphatic rings. The third-order valence-electron chi connectivity index (χ3n) is 3.51. The molecule has 0 heterocycles. The van der Waals surface area contributed by atoms with Crippen LogP contribution in [0.2, 0.25) is 5.02 Å². The van der Waals surface area contributed by atoms with Crippen LogP contribution in [0.3, 0.4) is 0 Å². The SMILES string of the molecule is COCCOc1ccc(C(F)(F)F)cc1NC(=O)c1cc(Cl)ccc1OC. The summed E-state index contributed by atoms with van der Waals surface area (Å²) in [5, 5.41) is 2.70. The smallest absolute Gasteiger partial charge is 0.416 e. The van der Waals surface area contributed by atoms with E-state index in [1.54, 1.807) is 0 Å². The van der Waals surface area contributed by atoms with Crippen molar-refractivity contribution in [2.75, 3.05) is 32.8 Å². The highest BCUT2D eigenvalue weighted by Crippen LogP contribution is 2.35. The number of halogens is 4. The van der Waals surface area contributed by atoms with Gasteiger partial charge in [0.25, 0.3) is 5.91 Å². The maximum Gasteiger partial charge on any atom is 0.416 e. The van der Waals surface area contributed by atoms with Crippen LogP contribution >= 0.6 is 11.6 Å². The first-order valence-electron chi connectivity index (χ1n) is 7.74. The van der Waals surface area contributed by atoms with Crippen LogP contribution in [0.25, 0.3) is 0 Å². The lowest BCUT2D eigenvalue weighted by molar-refractivity contribution is -0.137. The van der Waals surface area contributed by atoms with Crippen LogP contribution in [-0.4, -0.2) is 33.3 Å². The standard InChI is InChI=1S/C18H17ClF3NO4/c1-25-7-8-27-16-5-3-11(18(20,21)22)9-14(16)23-17(24)13-10-12(19)4-6-15(13)26-2/h3-6,9-10H,7-8H2,1-2H3,(H,23,24). The third-order valence-corrected chi connectivity index (χ3v) is 3.74. The van der Waals surface area contributed by atoms with E-state index in [1.807, 2.05) is 0 Å². The number of alkyl halides is 3. The molecule has 146 valence electrons. The van der Waals surface area contributed by atoms with Crippen LogP contribution < -0.4 is 14.8 Å². The number of ether oxygens (including phenoxy) is 3. The maximum atomic E-state index is 13.0. The van der Waals surface area contributed by atoms with Gasteiger partial charge in [0.15, 0.2) is 0 Å². The minimum Gasteiger partial charge on any atom is -0.496 e. The summed E-state index contributed by atoms with van der Waals surface area (Å²) in [7, 11) is 2.83. The van der Waals surface area contributed by atoms with Crippen molar-refractivity contribution in [2.24, 2.45) is 0 Å². The van der Waals surface area contributed by atoms with Crippen molar-refractivity contribution in [3.63, 3.8) is 0 Å². The molecule has 0 spiro atoms. The van der Waals surface area contributed by atoms with Gasteiger partial charge in [0.05, 0.1) is 30.5 Å². The molecule has 1 N–H and O–H groups in total. The summed E-state index contributed by atoms with van der Waals surface area (Å²) in [6.07, 6.45) is -4.57. The zero-order chi connectivity index (χ0) is 20.0. The fraction of sp³-hybridized carbons (Fsp3) is 0.278. The molecule has 0 saturated carbocycles. The van der Waals surface area contributed by atoms with E-state index in [1.165, 1.54) is 32.4 Å². The Morgan fingerprint density at radius 3 is 2.41 bits per heavy atom. The summed E-state index contributed by atoms with van der Waals surface area (Å²) in [5.41, 5.74) is -0.979. The van der Waals surface area contributed by atoms with Crippen molar-refractivity contribution in [1.29, 1.82) is 0 Å². The Morgan fingerprint density at radius 1 is 1.07 bits per heavy atom. The zero-order valence-electron chi connectivity index (χ0n) is 14.5. The van der Waals surface area contributed by atoms with Gasteiger partial charge in [0.1, 0.15) is 18.1 Å². The average molecular weight is 404 g/mol. The number of amides is 1. The summed E-state index contributed by atoms with van der Waals surface area (Å²) in [5.74, 6) is -0.384. The molecule has 0 aliphatic heterocycles. The van der Waals surface area contributed by atoms with Gasteiger partial charge in [-0.05, 0) is 36.4 Å². The molecule has 2 aromatic carbocycles. The van der Waals surface area contributed by atoms with Gasteiger partial charge in [0, 0.05) is 12.1 Å².